The van der Waals surface area contributed by atoms with Crippen LogP contribution >= 0.6 is 0 Å². The molecule has 1 amide bonds. The molecule has 0 aliphatic carbocycles. The predicted molar refractivity (Wildman–Crippen MR) is 142 cm³/mol. The molecule has 3 N–H and O–H groups in total. The van der Waals surface area contributed by atoms with Crippen molar-refractivity contribution in [3.05, 3.63) is 107 Å². The molecular formula is C30H34FN3O2. The van der Waals surface area contributed by atoms with Crippen LogP contribution in [0.2, 0.25) is 0 Å². The number of halogens is 1. The average molecular weight is 488 g/mol. The summed E-state index contributed by atoms with van der Waals surface area (Å²) in [5, 5.41) is 7.75. The van der Waals surface area contributed by atoms with Crippen LogP contribution in [-0.2, 0) is 35.5 Å². The second kappa shape index (κ2) is 13.0. The monoisotopic (exact) mass is 487 g/mol. The standard InChI is InChI=1S/C30H34FN3O2/c1-22-27(28-6-2-3-7-29(28)34-22)16-18-32-19-24-10-8-23(9-11-24)5-4-17-33-30(35)21-36-20-25-12-14-26(31)15-13-25/h2-3,6-15,32,34H,4-5,16-21H2,1H3,(H,33,35). The van der Waals surface area contributed by atoms with Gasteiger partial charge in [-0.25, -0.2) is 4.39 Å². The van der Waals surface area contributed by atoms with E-state index in [1.54, 1.807) is 12.1 Å². The van der Waals surface area contributed by atoms with Crippen LogP contribution in [0, 0.1) is 12.7 Å². The van der Waals surface area contributed by atoms with Gasteiger partial charge >= 0.3 is 0 Å². The quantitative estimate of drug-likeness (QED) is 0.227. The Bertz CT molecular complexity index is 1250. The molecule has 4 rings (SSSR count). The first-order chi connectivity index (χ1) is 17.6. The first kappa shape index (κ1) is 25.6. The van der Waals surface area contributed by atoms with E-state index >= 15 is 0 Å². The van der Waals surface area contributed by atoms with Crippen LogP contribution in [0.25, 0.3) is 10.9 Å². The molecular weight excluding hydrogens is 453 g/mol. The zero-order valence-corrected chi connectivity index (χ0v) is 20.8. The number of aromatic nitrogens is 1. The Morgan fingerprint density at radius 2 is 1.61 bits per heavy atom. The molecule has 1 heterocycles. The van der Waals surface area contributed by atoms with Crippen molar-refractivity contribution in [1.82, 2.24) is 15.6 Å². The fraction of sp³-hybridized carbons (Fsp3) is 0.300. The lowest BCUT2D eigenvalue weighted by molar-refractivity contribution is -0.126. The van der Waals surface area contributed by atoms with E-state index in [0.29, 0.717) is 6.54 Å². The van der Waals surface area contributed by atoms with E-state index in [0.717, 1.165) is 37.9 Å². The van der Waals surface area contributed by atoms with Crippen LogP contribution in [0.4, 0.5) is 4.39 Å². The van der Waals surface area contributed by atoms with E-state index in [4.69, 9.17) is 4.74 Å². The molecule has 5 nitrogen and oxygen atoms in total. The SMILES string of the molecule is Cc1[nH]c2ccccc2c1CCNCc1ccc(CCCNC(=O)COCc2ccc(F)cc2)cc1. The lowest BCUT2D eigenvalue weighted by Gasteiger charge is -2.08. The third-order valence-corrected chi connectivity index (χ3v) is 6.31. The number of H-pyrrole nitrogens is 1. The molecule has 36 heavy (non-hydrogen) atoms. The summed E-state index contributed by atoms with van der Waals surface area (Å²) in [5.74, 6) is -0.420. The van der Waals surface area contributed by atoms with E-state index < -0.39 is 0 Å². The highest BCUT2D eigenvalue weighted by Crippen LogP contribution is 2.22. The van der Waals surface area contributed by atoms with Crippen molar-refractivity contribution in [2.75, 3.05) is 19.7 Å². The van der Waals surface area contributed by atoms with Gasteiger partial charge in [0.2, 0.25) is 5.91 Å². The van der Waals surface area contributed by atoms with Crippen molar-refractivity contribution in [3.63, 3.8) is 0 Å². The van der Waals surface area contributed by atoms with Crippen molar-refractivity contribution in [3.8, 4) is 0 Å². The zero-order valence-electron chi connectivity index (χ0n) is 20.8. The third kappa shape index (κ3) is 7.51. The van der Waals surface area contributed by atoms with Crippen LogP contribution in [0.5, 0.6) is 0 Å². The van der Waals surface area contributed by atoms with Crippen molar-refractivity contribution >= 4 is 16.8 Å². The summed E-state index contributed by atoms with van der Waals surface area (Å²) in [7, 11) is 0. The maximum atomic E-state index is 12.9. The van der Waals surface area contributed by atoms with Gasteiger partial charge in [0.05, 0.1) is 6.61 Å². The molecule has 4 aromatic rings. The van der Waals surface area contributed by atoms with Gasteiger partial charge in [0.15, 0.2) is 0 Å². The van der Waals surface area contributed by atoms with Gasteiger partial charge in [-0.15, -0.1) is 0 Å². The van der Waals surface area contributed by atoms with Crippen LogP contribution in [0.3, 0.4) is 0 Å². The second-order valence-corrected chi connectivity index (χ2v) is 9.09. The molecule has 0 saturated heterocycles. The molecule has 0 saturated carbocycles. The summed E-state index contributed by atoms with van der Waals surface area (Å²) < 4.78 is 18.3. The van der Waals surface area contributed by atoms with Gasteiger partial charge in [0.1, 0.15) is 12.4 Å². The molecule has 188 valence electrons. The molecule has 0 aliphatic rings. The molecule has 0 fully saturated rings. The summed E-state index contributed by atoms with van der Waals surface area (Å²) in [6.07, 6.45) is 2.77. The summed E-state index contributed by atoms with van der Waals surface area (Å²) in [6, 6.07) is 23.2. The lowest BCUT2D eigenvalue weighted by atomic mass is 10.1. The Hall–Kier alpha value is -3.48. The molecule has 0 aliphatic heterocycles. The van der Waals surface area contributed by atoms with Crippen LogP contribution in [0.15, 0.2) is 72.8 Å². The van der Waals surface area contributed by atoms with Crippen molar-refractivity contribution < 1.29 is 13.9 Å². The Morgan fingerprint density at radius 1 is 0.889 bits per heavy atom. The lowest BCUT2D eigenvalue weighted by Crippen LogP contribution is -2.28. The molecule has 1 aromatic heterocycles. The van der Waals surface area contributed by atoms with Crippen molar-refractivity contribution in [2.24, 2.45) is 0 Å². The van der Waals surface area contributed by atoms with Gasteiger partial charge in [-0.05, 0) is 73.2 Å². The molecule has 0 atom stereocenters. The summed E-state index contributed by atoms with van der Waals surface area (Å²) >= 11 is 0. The highest BCUT2D eigenvalue weighted by molar-refractivity contribution is 5.84. The van der Waals surface area contributed by atoms with Gasteiger partial charge in [0.25, 0.3) is 0 Å². The fourth-order valence-electron chi connectivity index (χ4n) is 4.34. The summed E-state index contributed by atoms with van der Waals surface area (Å²) in [5.41, 5.74) is 7.20. The normalized spacial score (nSPS) is 11.2. The minimum absolute atomic E-state index is 0.00104. The maximum Gasteiger partial charge on any atom is 0.246 e. The Morgan fingerprint density at radius 3 is 2.42 bits per heavy atom. The van der Waals surface area contributed by atoms with E-state index in [1.165, 1.54) is 45.4 Å². The fourth-order valence-corrected chi connectivity index (χ4v) is 4.34. The van der Waals surface area contributed by atoms with E-state index in [2.05, 4.69) is 71.1 Å². The van der Waals surface area contributed by atoms with Crippen LogP contribution < -0.4 is 10.6 Å². The number of aromatic amines is 1. The number of rotatable bonds is 13. The Balaban J connectivity index is 1.08. The summed E-state index contributed by atoms with van der Waals surface area (Å²) in [4.78, 5) is 15.4. The highest BCUT2D eigenvalue weighted by Gasteiger charge is 2.07. The van der Waals surface area contributed by atoms with E-state index in [9.17, 15) is 9.18 Å². The molecule has 0 radical (unpaired) electrons. The number of carbonyl (C=O) groups is 1. The molecule has 0 spiro atoms. The number of para-hydroxylation sites is 1. The van der Waals surface area contributed by atoms with E-state index in [1.807, 2.05) is 0 Å². The predicted octanol–water partition coefficient (Wildman–Crippen LogP) is 5.21. The van der Waals surface area contributed by atoms with Crippen molar-refractivity contribution in [1.29, 1.82) is 0 Å². The van der Waals surface area contributed by atoms with E-state index in [-0.39, 0.29) is 24.9 Å². The first-order valence-corrected chi connectivity index (χ1v) is 12.5. The number of benzene rings is 3. The van der Waals surface area contributed by atoms with Gasteiger partial charge in [-0.2, -0.15) is 0 Å². The van der Waals surface area contributed by atoms with Crippen molar-refractivity contribution in [2.45, 2.75) is 39.3 Å². The third-order valence-electron chi connectivity index (χ3n) is 6.31. The number of amides is 1. The zero-order chi connectivity index (χ0) is 25.2. The Labute approximate surface area is 212 Å². The maximum absolute atomic E-state index is 12.9. The van der Waals surface area contributed by atoms with Crippen LogP contribution in [0.1, 0.15) is 34.4 Å². The number of hydrogen-bond donors (Lipinski definition) is 3. The van der Waals surface area contributed by atoms with Gasteiger partial charge in [0, 0.05) is 29.7 Å². The largest absolute Gasteiger partial charge is 0.367 e. The van der Waals surface area contributed by atoms with Gasteiger partial charge < -0.3 is 20.4 Å². The number of hydrogen-bond acceptors (Lipinski definition) is 3. The van der Waals surface area contributed by atoms with Crippen LogP contribution in [-0.4, -0.2) is 30.6 Å². The molecule has 0 bridgehead atoms. The molecule has 3 aromatic carbocycles. The highest BCUT2D eigenvalue weighted by atomic mass is 19.1. The minimum atomic E-state index is -0.282. The van der Waals surface area contributed by atoms with Gasteiger partial charge in [-0.3, -0.25) is 4.79 Å². The number of aryl methyl sites for hydroxylation is 2. The molecule has 6 heteroatoms. The summed E-state index contributed by atoms with van der Waals surface area (Å²) in [6.45, 7) is 4.81. The average Bonchev–Trinajstić information content (AvgIpc) is 3.21. The first-order valence-electron chi connectivity index (χ1n) is 12.5. The number of nitrogens with one attached hydrogen (secondary N) is 3. The Kier molecular flexibility index (Phi) is 9.25. The second-order valence-electron chi connectivity index (χ2n) is 9.09. The number of carbonyl (C=O) groups excluding carboxylic acids is 1. The topological polar surface area (TPSA) is 66.2 Å². The molecule has 0 unspecified atom stereocenters. The smallest absolute Gasteiger partial charge is 0.246 e. The van der Waals surface area contributed by atoms with Gasteiger partial charge in [-0.1, -0.05) is 54.6 Å². The number of fused-ring (bicyclic) bond motifs is 1. The minimum Gasteiger partial charge on any atom is -0.367 e. The number of ether oxygens (including phenoxy) is 1.